The van der Waals surface area contributed by atoms with Gasteiger partial charge in [-0.3, -0.25) is 14.9 Å². The van der Waals surface area contributed by atoms with Gasteiger partial charge in [-0.2, -0.15) is 0 Å². The normalized spacial score (nSPS) is 13.5. The lowest BCUT2D eigenvalue weighted by atomic mass is 10.0. The minimum Gasteiger partial charge on any atom is -0.480 e. The molecule has 0 aliphatic carbocycles. The number of carbonyl (C=O) groups is 2. The summed E-state index contributed by atoms with van der Waals surface area (Å²) in [6, 6.07) is 6.28. The van der Waals surface area contributed by atoms with Crippen LogP contribution in [0.1, 0.15) is 26.0 Å². The number of hydrogen-bond donors (Lipinski definition) is 3. The highest BCUT2D eigenvalue weighted by Gasteiger charge is 2.27. The minimum absolute atomic E-state index is 0.00546. The van der Waals surface area contributed by atoms with Crippen LogP contribution in [0.5, 0.6) is 0 Å². The number of aliphatic carboxylic acids is 2. The number of carboxylic acids is 2. The quantitative estimate of drug-likeness (QED) is 0.565. The molecule has 2 aromatic rings. The lowest BCUT2D eigenvalue weighted by Crippen LogP contribution is -2.48. The lowest BCUT2D eigenvalue weighted by Gasteiger charge is -2.21. The zero-order valence-corrected chi connectivity index (χ0v) is 16.4. The summed E-state index contributed by atoms with van der Waals surface area (Å²) in [6.45, 7) is 3.75. The monoisotopic (exact) mass is 413 g/mol. The molecule has 6 nitrogen and oxygen atoms in total. The molecule has 0 saturated carbocycles. The Morgan fingerprint density at radius 2 is 1.63 bits per heavy atom. The molecule has 1 heterocycles. The fraction of sp³-hybridized carbons (Fsp3) is 0.368. The number of furan rings is 1. The molecule has 1 aromatic carbocycles. The van der Waals surface area contributed by atoms with Gasteiger partial charge in [0.2, 0.25) is 0 Å². The van der Waals surface area contributed by atoms with Crippen molar-refractivity contribution in [1.29, 1.82) is 0 Å². The summed E-state index contributed by atoms with van der Waals surface area (Å²) in [6.07, 6.45) is 0.328. The van der Waals surface area contributed by atoms with E-state index in [1.807, 2.05) is 13.8 Å². The molecule has 1 aromatic heterocycles. The Hall–Kier alpha value is -2.02. The molecule has 2 rings (SSSR count). The Bertz CT molecular complexity index is 798. The third-order valence-electron chi connectivity index (χ3n) is 3.92. The third kappa shape index (κ3) is 6.27. The van der Waals surface area contributed by atoms with Gasteiger partial charge in [0.15, 0.2) is 0 Å². The van der Waals surface area contributed by atoms with Crippen molar-refractivity contribution in [3.05, 3.63) is 46.1 Å². The molecule has 0 aliphatic rings. The van der Waals surface area contributed by atoms with E-state index in [4.69, 9.17) is 27.6 Å². The van der Waals surface area contributed by atoms with Gasteiger partial charge in [-0.1, -0.05) is 37.0 Å². The predicted molar refractivity (Wildman–Crippen MR) is 103 cm³/mol. The van der Waals surface area contributed by atoms with E-state index in [0.717, 1.165) is 0 Å². The Balaban J connectivity index is 2.16. The Kier molecular flexibility index (Phi) is 7.30. The molecule has 0 fully saturated rings. The molecule has 146 valence electrons. The summed E-state index contributed by atoms with van der Waals surface area (Å²) < 4.78 is 5.72. The molecule has 3 N–H and O–H groups in total. The maximum atomic E-state index is 11.6. The number of rotatable bonds is 9. The van der Waals surface area contributed by atoms with Crippen LogP contribution in [-0.2, 0) is 16.0 Å². The van der Waals surface area contributed by atoms with Crippen LogP contribution in [0.4, 0.5) is 0 Å². The second-order valence-electron chi connectivity index (χ2n) is 6.71. The molecule has 0 bridgehead atoms. The fourth-order valence-electron chi connectivity index (χ4n) is 2.71. The van der Waals surface area contributed by atoms with E-state index >= 15 is 0 Å². The van der Waals surface area contributed by atoms with Crippen LogP contribution in [0.15, 0.2) is 34.7 Å². The van der Waals surface area contributed by atoms with Crippen molar-refractivity contribution >= 4 is 35.1 Å². The van der Waals surface area contributed by atoms with Crippen LogP contribution < -0.4 is 5.32 Å². The van der Waals surface area contributed by atoms with E-state index in [1.54, 1.807) is 30.3 Å². The summed E-state index contributed by atoms with van der Waals surface area (Å²) in [4.78, 5) is 23.0. The van der Waals surface area contributed by atoms with Gasteiger partial charge < -0.3 is 14.6 Å². The molecule has 0 radical (unpaired) electrons. The zero-order valence-electron chi connectivity index (χ0n) is 14.9. The van der Waals surface area contributed by atoms with Crippen LogP contribution in [-0.4, -0.2) is 34.2 Å². The van der Waals surface area contributed by atoms with Crippen molar-refractivity contribution in [1.82, 2.24) is 5.32 Å². The maximum Gasteiger partial charge on any atom is 0.321 e. The van der Waals surface area contributed by atoms with Gasteiger partial charge in [-0.15, -0.1) is 0 Å². The van der Waals surface area contributed by atoms with Crippen LogP contribution in [0.2, 0.25) is 10.0 Å². The number of halogens is 2. The van der Waals surface area contributed by atoms with Gasteiger partial charge in [0.25, 0.3) is 0 Å². The minimum atomic E-state index is -1.14. The number of benzene rings is 1. The number of carboxylic acid groups (broad SMARTS) is 2. The van der Waals surface area contributed by atoms with E-state index in [2.05, 4.69) is 5.32 Å². The molecule has 1 unspecified atom stereocenters. The van der Waals surface area contributed by atoms with Crippen LogP contribution in [0.3, 0.4) is 0 Å². The lowest BCUT2D eigenvalue weighted by molar-refractivity contribution is -0.143. The third-order valence-corrected chi connectivity index (χ3v) is 4.36. The van der Waals surface area contributed by atoms with E-state index in [0.29, 0.717) is 33.6 Å². The summed E-state index contributed by atoms with van der Waals surface area (Å²) in [5.74, 6) is -1.21. The average molecular weight is 414 g/mol. The van der Waals surface area contributed by atoms with Crippen LogP contribution >= 0.6 is 23.2 Å². The first-order chi connectivity index (χ1) is 12.7. The molecule has 0 aliphatic heterocycles. The highest BCUT2D eigenvalue weighted by atomic mass is 35.5. The Morgan fingerprint density at radius 3 is 2.15 bits per heavy atom. The van der Waals surface area contributed by atoms with Crippen molar-refractivity contribution < 1.29 is 24.2 Å². The van der Waals surface area contributed by atoms with E-state index < -0.39 is 24.0 Å². The number of hydrogen-bond acceptors (Lipinski definition) is 4. The van der Waals surface area contributed by atoms with Crippen LogP contribution in [0.25, 0.3) is 11.3 Å². The standard InChI is InChI=1S/C19H21Cl2NO5/c1-10(2)5-15(18(23)24)22-16(19(25)26)9-14-3-4-17(27-14)11-6-12(20)8-13(21)7-11/h3-4,6-8,10,15-16,22H,5,9H2,1-2H3,(H,23,24)(H,25,26)/t15?,16-/m0/s1. The first-order valence-electron chi connectivity index (χ1n) is 8.42. The Labute approximate surface area is 167 Å². The van der Waals surface area contributed by atoms with E-state index in [-0.39, 0.29) is 12.3 Å². The summed E-state index contributed by atoms with van der Waals surface area (Å²) in [7, 11) is 0. The summed E-state index contributed by atoms with van der Waals surface area (Å²) in [5, 5.41) is 22.4. The summed E-state index contributed by atoms with van der Waals surface area (Å²) in [5.41, 5.74) is 0.668. The molecule has 2 atom stereocenters. The van der Waals surface area contributed by atoms with E-state index in [9.17, 15) is 19.8 Å². The van der Waals surface area contributed by atoms with Crippen molar-refractivity contribution in [2.45, 2.75) is 38.8 Å². The second kappa shape index (κ2) is 9.26. The fourth-order valence-corrected chi connectivity index (χ4v) is 3.24. The van der Waals surface area contributed by atoms with Crippen molar-refractivity contribution in [3.63, 3.8) is 0 Å². The smallest absolute Gasteiger partial charge is 0.321 e. The number of nitrogens with one attached hydrogen (secondary N) is 1. The van der Waals surface area contributed by atoms with Crippen molar-refractivity contribution in [3.8, 4) is 11.3 Å². The second-order valence-corrected chi connectivity index (χ2v) is 7.58. The van der Waals surface area contributed by atoms with Gasteiger partial charge in [-0.25, -0.2) is 0 Å². The van der Waals surface area contributed by atoms with Gasteiger partial charge >= 0.3 is 11.9 Å². The average Bonchev–Trinajstić information content (AvgIpc) is 3.00. The SMILES string of the molecule is CC(C)CC(N[C@@H](Cc1ccc(-c2cc(Cl)cc(Cl)c2)o1)C(=O)O)C(=O)O. The molecular weight excluding hydrogens is 393 g/mol. The van der Waals surface area contributed by atoms with Crippen LogP contribution in [0, 0.1) is 5.92 Å². The maximum absolute atomic E-state index is 11.6. The molecule has 27 heavy (non-hydrogen) atoms. The van der Waals surface area contributed by atoms with Gasteiger partial charge in [0, 0.05) is 22.0 Å². The molecule has 8 heteroatoms. The molecule has 0 spiro atoms. The molecule has 0 saturated heterocycles. The van der Waals surface area contributed by atoms with Crippen molar-refractivity contribution in [2.24, 2.45) is 5.92 Å². The van der Waals surface area contributed by atoms with Gasteiger partial charge in [0.1, 0.15) is 23.6 Å². The highest BCUT2D eigenvalue weighted by molar-refractivity contribution is 6.35. The molecular formula is C19H21Cl2NO5. The molecule has 0 amide bonds. The van der Waals surface area contributed by atoms with Gasteiger partial charge in [0.05, 0.1) is 0 Å². The predicted octanol–water partition coefficient (Wildman–Crippen LogP) is 4.34. The highest BCUT2D eigenvalue weighted by Crippen LogP contribution is 2.29. The first-order valence-corrected chi connectivity index (χ1v) is 9.18. The van der Waals surface area contributed by atoms with Gasteiger partial charge in [-0.05, 0) is 42.7 Å². The van der Waals surface area contributed by atoms with Crippen molar-refractivity contribution in [2.75, 3.05) is 0 Å². The van der Waals surface area contributed by atoms with E-state index in [1.165, 1.54) is 0 Å². The zero-order chi connectivity index (χ0) is 20.1. The topological polar surface area (TPSA) is 99.8 Å². The first kappa shape index (κ1) is 21.3. The summed E-state index contributed by atoms with van der Waals surface area (Å²) >= 11 is 12.0. The Morgan fingerprint density at radius 1 is 1.04 bits per heavy atom. The largest absolute Gasteiger partial charge is 0.480 e.